The van der Waals surface area contributed by atoms with Crippen LogP contribution in [0.5, 0.6) is 0 Å². The Morgan fingerprint density at radius 3 is 0.796 bits per heavy atom. The van der Waals surface area contributed by atoms with Crippen LogP contribution in [0.4, 0.5) is 0 Å². The molecule has 1 aliphatic carbocycles. The van der Waals surface area contributed by atoms with Gasteiger partial charge in [0.2, 0.25) is 0 Å². The van der Waals surface area contributed by atoms with Crippen LogP contribution in [0.2, 0.25) is 99.7 Å². The van der Waals surface area contributed by atoms with E-state index in [-0.39, 0.29) is 0 Å². The maximum Gasteiger partial charge on any atom is 0.198 e. The van der Waals surface area contributed by atoms with Gasteiger partial charge in [0.05, 0.1) is 0 Å². The first kappa shape index (κ1) is 82.2. The van der Waals surface area contributed by atoms with E-state index in [0.717, 1.165) is 54.9 Å². The predicted octanol–water partition coefficient (Wildman–Crippen LogP) is 25.6. The van der Waals surface area contributed by atoms with Crippen molar-refractivity contribution in [3.05, 3.63) is 57.6 Å². The fourth-order valence-electron chi connectivity index (χ4n) is 20.6. The van der Waals surface area contributed by atoms with E-state index in [1.165, 1.54) is 0 Å². The van der Waals surface area contributed by atoms with Crippen molar-refractivity contribution in [2.45, 2.75) is 367 Å². The van der Waals surface area contributed by atoms with Gasteiger partial charge in [-0.25, -0.2) is 0 Å². The van der Waals surface area contributed by atoms with Crippen LogP contribution in [-0.4, -0.2) is 62.7 Å². The van der Waals surface area contributed by atoms with Gasteiger partial charge in [0.25, 0.3) is 0 Å². The molecule has 1 aliphatic rings. The van der Waals surface area contributed by atoms with Gasteiger partial charge in [-0.05, 0) is 140 Å². The second kappa shape index (κ2) is 31.3. The molecule has 3 aromatic carbocycles. The van der Waals surface area contributed by atoms with Crippen molar-refractivity contribution in [3.8, 4) is 68.8 Å². The predicted molar refractivity (Wildman–Crippen MR) is 433 cm³/mol. The van der Waals surface area contributed by atoms with E-state index in [1.54, 1.807) is 0 Å². The Labute approximate surface area is 582 Å². The molecular weight excluding hydrogens is 1220 g/mol. The van der Waals surface area contributed by atoms with E-state index in [2.05, 4.69) is 342 Å². The molecular formula is C85H138O2Si6. The summed E-state index contributed by atoms with van der Waals surface area (Å²) in [5.41, 5.74) is 36.8. The number of ether oxygens (including phenoxy) is 2. The van der Waals surface area contributed by atoms with Gasteiger partial charge in [-0.3, -0.25) is 0 Å². The third kappa shape index (κ3) is 14.0. The molecule has 2 atom stereocenters. The summed E-state index contributed by atoms with van der Waals surface area (Å²) >= 11 is 0. The highest BCUT2D eigenvalue weighted by molar-refractivity contribution is 6.93. The van der Waals surface area contributed by atoms with Gasteiger partial charge in [0, 0.05) is 53.8 Å². The van der Waals surface area contributed by atoms with Gasteiger partial charge in [-0.15, -0.1) is 39.2 Å². The van der Waals surface area contributed by atoms with Crippen molar-refractivity contribution >= 4 is 70.0 Å². The van der Waals surface area contributed by atoms with Gasteiger partial charge in [-0.2, -0.15) is 0 Å². The lowest BCUT2D eigenvalue weighted by Gasteiger charge is -2.48. The summed E-state index contributed by atoms with van der Waals surface area (Å²) in [5.74, 6) is 25.4. The summed E-state index contributed by atoms with van der Waals surface area (Å²) in [4.78, 5) is 0. The van der Waals surface area contributed by atoms with E-state index in [1.807, 2.05) is 14.2 Å². The minimum absolute atomic E-state index is 0.361. The number of methoxy groups -OCH3 is 2. The lowest BCUT2D eigenvalue weighted by atomic mass is 9.65. The SMILES string of the molecule is COC1(C#C[Si](C(C)C)(C(C)C)C(C)C)c2cc(C#C[Si](C(C)C)(C(C)C)C(C)C)cc3c(C#C[Si](C(C)C)(C(C)C)C(C)C)c(C#C[Si](C(C)C)(C(C)C)C(C)C)c4cc(CC#C[Si](C(C)C)(C(C)C)C(C)C)cc(c4c23)C1(C#C[Si](C(C)C)(C(C)C)C(C)C)OC. The third-order valence-corrected chi connectivity index (χ3v) is 63.0. The monoisotopic (exact) mass is 1360 g/mol. The Bertz CT molecular complexity index is 3380. The van der Waals surface area contributed by atoms with E-state index in [0.29, 0.717) is 106 Å². The standard InChI is InChI=1S/C85H138O2Si6/c1-56(2)88(57(3)4,58(5)6)46-39-40-74-52-78-76(42-48-90(62(13)14,63(15)16)64(17)18)77(43-49-91(65(19)20,66(21)22)67(23)24)79-53-75(41-47-89(59(7)8,60(9)10)61(11)12)55-81-83(79)82(78)80(54-74)84(86-37,44-50-92(68(25)26,69(27)28)70(29)30)85(81,87-38)45-51-93(71(31)32,72(33)34)73(35)36/h52-73H,40H2,1-38H3. The first-order valence-electron chi connectivity index (χ1n) is 37.2. The molecule has 2 unspecified atom stereocenters. The van der Waals surface area contributed by atoms with E-state index < -0.39 is 59.6 Å². The molecule has 0 bridgehead atoms. The van der Waals surface area contributed by atoms with Crippen LogP contribution < -0.4 is 0 Å². The molecule has 0 fully saturated rings. The van der Waals surface area contributed by atoms with Crippen molar-refractivity contribution < 1.29 is 9.47 Å². The summed E-state index contributed by atoms with van der Waals surface area (Å²) in [6.45, 7) is 87.6. The lowest BCUT2D eigenvalue weighted by molar-refractivity contribution is -0.132. The summed E-state index contributed by atoms with van der Waals surface area (Å²) in [6, 6.07) is 9.82. The topological polar surface area (TPSA) is 18.5 Å². The van der Waals surface area contributed by atoms with Crippen LogP contribution in [0.3, 0.4) is 0 Å². The van der Waals surface area contributed by atoms with Crippen molar-refractivity contribution in [1.29, 1.82) is 0 Å². The van der Waals surface area contributed by atoms with E-state index >= 15 is 0 Å². The molecule has 0 saturated heterocycles. The van der Waals surface area contributed by atoms with Gasteiger partial charge >= 0.3 is 0 Å². The number of rotatable bonds is 21. The van der Waals surface area contributed by atoms with Crippen LogP contribution in [0, 0.1) is 68.8 Å². The summed E-state index contributed by atoms with van der Waals surface area (Å²) in [7, 11) is -10.4. The van der Waals surface area contributed by atoms with Crippen molar-refractivity contribution in [2.24, 2.45) is 0 Å². The number of hydrogen-bond donors (Lipinski definition) is 0. The van der Waals surface area contributed by atoms with Gasteiger partial charge in [0.15, 0.2) is 11.2 Å². The summed E-state index contributed by atoms with van der Waals surface area (Å²) in [5, 5.41) is 4.44. The molecule has 2 nitrogen and oxygen atoms in total. The largest absolute Gasteiger partial charge is 0.357 e. The lowest BCUT2D eigenvalue weighted by Crippen LogP contribution is -2.54. The fourth-order valence-corrected chi connectivity index (χ4v) is 52.1. The van der Waals surface area contributed by atoms with Crippen LogP contribution >= 0.6 is 0 Å². The summed E-state index contributed by atoms with van der Waals surface area (Å²) < 4.78 is 15.6. The highest BCUT2D eigenvalue weighted by Gasteiger charge is 2.60. The fraction of sp³-hybridized carbons (Fsp3) is 0.694. The summed E-state index contributed by atoms with van der Waals surface area (Å²) in [6.07, 6.45) is 0.572. The zero-order valence-electron chi connectivity index (χ0n) is 67.2. The molecule has 0 aliphatic heterocycles. The van der Waals surface area contributed by atoms with E-state index in [4.69, 9.17) is 9.47 Å². The smallest absolute Gasteiger partial charge is 0.198 e. The molecule has 3 aromatic rings. The van der Waals surface area contributed by atoms with Gasteiger partial charge in [0.1, 0.15) is 48.4 Å². The molecule has 0 N–H and O–H groups in total. The normalized spacial score (nSPS) is 16.9. The Kier molecular flexibility index (Phi) is 27.7. The molecule has 0 amide bonds. The molecule has 514 valence electrons. The first-order valence-corrected chi connectivity index (χ1v) is 50.6. The van der Waals surface area contributed by atoms with Crippen LogP contribution in [-0.2, 0) is 27.1 Å². The molecule has 93 heavy (non-hydrogen) atoms. The number of hydrogen-bond acceptors (Lipinski definition) is 2. The minimum Gasteiger partial charge on any atom is -0.357 e. The van der Waals surface area contributed by atoms with Gasteiger partial charge in [-0.1, -0.05) is 285 Å². The van der Waals surface area contributed by atoms with Crippen LogP contribution in [0.15, 0.2) is 24.3 Å². The molecule has 8 heteroatoms. The average Bonchev–Trinajstić information content (AvgIpc) is 0.672. The Morgan fingerprint density at radius 1 is 0.290 bits per heavy atom. The van der Waals surface area contributed by atoms with Crippen molar-refractivity contribution in [2.75, 3.05) is 14.2 Å². The Morgan fingerprint density at radius 2 is 0.527 bits per heavy atom. The highest BCUT2D eigenvalue weighted by Crippen LogP contribution is 2.58. The third-order valence-electron chi connectivity index (χ3n) is 25.2. The second-order valence-electron chi connectivity index (χ2n) is 34.6. The van der Waals surface area contributed by atoms with E-state index in [9.17, 15) is 0 Å². The zero-order chi connectivity index (χ0) is 71.6. The van der Waals surface area contributed by atoms with Crippen molar-refractivity contribution in [3.63, 3.8) is 0 Å². The molecule has 4 rings (SSSR count). The maximum atomic E-state index is 7.78. The Hall–Kier alpha value is -3.24. The quantitative estimate of drug-likeness (QED) is 0.0601. The zero-order valence-corrected chi connectivity index (χ0v) is 73.2. The minimum atomic E-state index is -2.51. The first-order chi connectivity index (χ1) is 42.8. The Balaban J connectivity index is 2.98. The average molecular weight is 1360 g/mol. The second-order valence-corrected chi connectivity index (χ2v) is 68.1. The highest BCUT2D eigenvalue weighted by atomic mass is 28.3. The van der Waals surface area contributed by atoms with Crippen molar-refractivity contribution in [1.82, 2.24) is 0 Å². The molecule has 0 heterocycles. The van der Waals surface area contributed by atoms with Gasteiger partial charge < -0.3 is 9.47 Å². The van der Waals surface area contributed by atoms with Crippen LogP contribution in [0.1, 0.15) is 283 Å². The molecule has 0 spiro atoms. The molecule has 0 radical (unpaired) electrons. The van der Waals surface area contributed by atoms with Crippen LogP contribution in [0.25, 0.3) is 21.5 Å². The molecule has 0 aromatic heterocycles. The number of benzene rings is 3. The molecule has 0 saturated carbocycles. The maximum absolute atomic E-state index is 7.78.